The van der Waals surface area contributed by atoms with Gasteiger partial charge in [0.2, 0.25) is 0 Å². The van der Waals surface area contributed by atoms with Crippen molar-refractivity contribution in [2.45, 2.75) is 20.3 Å². The minimum absolute atomic E-state index is 0.0390. The molecule has 1 aliphatic heterocycles. The van der Waals surface area contributed by atoms with Crippen molar-refractivity contribution in [3.05, 3.63) is 68.5 Å². The molecular weight excluding hydrogens is 452 g/mol. The average Bonchev–Trinajstić information content (AvgIpc) is 2.92. The Kier molecular flexibility index (Phi) is 7.43. The first-order valence-corrected chi connectivity index (χ1v) is 12.1. The van der Waals surface area contributed by atoms with Crippen LogP contribution in [0.25, 0.3) is 6.08 Å². The average molecular weight is 475 g/mol. The van der Waals surface area contributed by atoms with E-state index in [1.165, 1.54) is 22.9 Å². The molecule has 3 nitrogen and oxygen atoms in total. The molecule has 3 rings (SSSR count). The van der Waals surface area contributed by atoms with Crippen LogP contribution >= 0.6 is 39.5 Å². The number of amidine groups is 1. The van der Waals surface area contributed by atoms with Gasteiger partial charge in [0.05, 0.1) is 10.6 Å². The first kappa shape index (κ1) is 21.2. The number of carbonyl (C=O) groups is 1. The third-order valence-electron chi connectivity index (χ3n) is 4.22. The van der Waals surface area contributed by atoms with Crippen molar-refractivity contribution in [1.29, 1.82) is 0 Å². The number of carbonyl (C=O) groups excluding carboxylic acids is 1. The lowest BCUT2D eigenvalue weighted by molar-refractivity contribution is -0.122. The summed E-state index contributed by atoms with van der Waals surface area (Å²) >= 11 is 6.71. The zero-order chi connectivity index (χ0) is 20.1. The molecule has 28 heavy (non-hydrogen) atoms. The molecule has 0 N–H and O–H groups in total. The molecule has 1 fully saturated rings. The Balaban J connectivity index is 1.92. The van der Waals surface area contributed by atoms with E-state index in [0.29, 0.717) is 6.54 Å². The molecule has 0 unspecified atom stereocenters. The Labute approximate surface area is 183 Å². The minimum Gasteiger partial charge on any atom is -0.286 e. The van der Waals surface area contributed by atoms with E-state index in [-0.39, 0.29) is 5.91 Å². The predicted octanol–water partition coefficient (Wildman–Crippen LogP) is 6.42. The first-order chi connectivity index (χ1) is 13.5. The van der Waals surface area contributed by atoms with Gasteiger partial charge in [0.1, 0.15) is 0 Å². The van der Waals surface area contributed by atoms with E-state index >= 15 is 0 Å². The summed E-state index contributed by atoms with van der Waals surface area (Å²) in [5.74, 6) is 1.06. The zero-order valence-electron chi connectivity index (χ0n) is 16.2. The maximum Gasteiger partial charge on any atom is 0.266 e. The van der Waals surface area contributed by atoms with E-state index in [4.69, 9.17) is 4.99 Å². The molecule has 1 heterocycles. The standard InChI is InChI=1S/C22H23BrN2OS2/c1-15-11-16(2)13-19(12-15)24-22-25(9-4-10-27-3)21(26)20(28-22)14-17-5-7-18(23)8-6-17/h5-8,11-14H,4,9-10H2,1-3H3/b20-14-,24-22?. The molecule has 2 aromatic carbocycles. The van der Waals surface area contributed by atoms with Gasteiger partial charge in [-0.15, -0.1) is 0 Å². The lowest BCUT2D eigenvalue weighted by Gasteiger charge is -2.15. The Bertz CT molecular complexity index is 902. The minimum atomic E-state index is 0.0390. The molecule has 1 amide bonds. The van der Waals surface area contributed by atoms with E-state index in [1.54, 1.807) is 11.8 Å². The highest BCUT2D eigenvalue weighted by Crippen LogP contribution is 2.34. The van der Waals surface area contributed by atoms with Crippen LogP contribution in [-0.2, 0) is 4.79 Å². The maximum absolute atomic E-state index is 13.0. The molecule has 0 aromatic heterocycles. The molecule has 0 aliphatic carbocycles. The third kappa shape index (κ3) is 5.52. The van der Waals surface area contributed by atoms with Crippen LogP contribution in [0.5, 0.6) is 0 Å². The van der Waals surface area contributed by atoms with Crippen molar-refractivity contribution in [2.24, 2.45) is 4.99 Å². The first-order valence-electron chi connectivity index (χ1n) is 9.09. The van der Waals surface area contributed by atoms with Crippen LogP contribution in [0.15, 0.2) is 56.8 Å². The van der Waals surface area contributed by atoms with E-state index in [1.807, 2.05) is 35.2 Å². The van der Waals surface area contributed by atoms with Crippen molar-refractivity contribution in [1.82, 2.24) is 4.90 Å². The number of aryl methyl sites for hydroxylation is 2. The monoisotopic (exact) mass is 474 g/mol. The van der Waals surface area contributed by atoms with Crippen molar-refractivity contribution < 1.29 is 4.79 Å². The van der Waals surface area contributed by atoms with Crippen molar-refractivity contribution in [3.63, 3.8) is 0 Å². The molecule has 146 valence electrons. The summed E-state index contributed by atoms with van der Waals surface area (Å²) in [6, 6.07) is 14.2. The Morgan fingerprint density at radius 1 is 1.14 bits per heavy atom. The number of hydrogen-bond acceptors (Lipinski definition) is 4. The molecule has 6 heteroatoms. The molecular formula is C22H23BrN2OS2. The summed E-state index contributed by atoms with van der Waals surface area (Å²) in [5, 5.41) is 0.763. The molecule has 0 atom stereocenters. The van der Waals surface area contributed by atoms with Crippen LogP contribution in [0.2, 0.25) is 0 Å². The summed E-state index contributed by atoms with van der Waals surface area (Å²) in [6.07, 6.45) is 4.99. The number of nitrogens with zero attached hydrogens (tertiary/aromatic N) is 2. The normalized spacial score (nSPS) is 17.1. The number of hydrogen-bond donors (Lipinski definition) is 0. The summed E-state index contributed by atoms with van der Waals surface area (Å²) in [6.45, 7) is 4.82. The van der Waals surface area contributed by atoms with Gasteiger partial charge in [-0.1, -0.05) is 34.1 Å². The Morgan fingerprint density at radius 2 is 1.82 bits per heavy atom. The van der Waals surface area contributed by atoms with Crippen molar-refractivity contribution >= 4 is 62.3 Å². The van der Waals surface area contributed by atoms with E-state index in [0.717, 1.165) is 38.0 Å². The zero-order valence-corrected chi connectivity index (χ0v) is 19.5. The molecule has 0 saturated carbocycles. The van der Waals surface area contributed by atoms with Gasteiger partial charge in [0.15, 0.2) is 5.17 Å². The van der Waals surface area contributed by atoms with Crippen LogP contribution < -0.4 is 0 Å². The second-order valence-corrected chi connectivity index (χ2v) is 9.62. The highest BCUT2D eigenvalue weighted by Gasteiger charge is 2.33. The van der Waals surface area contributed by atoms with E-state index in [2.05, 4.69) is 54.2 Å². The van der Waals surface area contributed by atoms with Crippen LogP contribution in [0.3, 0.4) is 0 Å². The summed E-state index contributed by atoms with van der Waals surface area (Å²) in [5.41, 5.74) is 4.25. The van der Waals surface area contributed by atoms with Gasteiger partial charge in [-0.3, -0.25) is 9.69 Å². The topological polar surface area (TPSA) is 32.7 Å². The fraction of sp³-hybridized carbons (Fsp3) is 0.273. The van der Waals surface area contributed by atoms with Crippen LogP contribution in [0, 0.1) is 13.8 Å². The van der Waals surface area contributed by atoms with Gasteiger partial charge in [-0.05, 0) is 91.1 Å². The van der Waals surface area contributed by atoms with Crippen LogP contribution in [-0.4, -0.2) is 34.5 Å². The van der Waals surface area contributed by atoms with Crippen molar-refractivity contribution in [3.8, 4) is 0 Å². The molecule has 2 aromatic rings. The highest BCUT2D eigenvalue weighted by atomic mass is 79.9. The van der Waals surface area contributed by atoms with Gasteiger partial charge in [0.25, 0.3) is 5.91 Å². The summed E-state index contributed by atoms with van der Waals surface area (Å²) < 4.78 is 1.02. The van der Waals surface area contributed by atoms with E-state index < -0.39 is 0 Å². The van der Waals surface area contributed by atoms with Crippen LogP contribution in [0.4, 0.5) is 5.69 Å². The largest absolute Gasteiger partial charge is 0.286 e. The van der Waals surface area contributed by atoms with Gasteiger partial charge in [0, 0.05) is 11.0 Å². The lowest BCUT2D eigenvalue weighted by atomic mass is 10.1. The number of aliphatic imine (C=N–C) groups is 1. The lowest BCUT2D eigenvalue weighted by Crippen LogP contribution is -2.30. The van der Waals surface area contributed by atoms with E-state index in [9.17, 15) is 4.79 Å². The molecule has 0 spiro atoms. The third-order valence-corrected chi connectivity index (χ3v) is 6.45. The smallest absolute Gasteiger partial charge is 0.266 e. The fourth-order valence-electron chi connectivity index (χ4n) is 2.99. The van der Waals surface area contributed by atoms with Crippen LogP contribution in [0.1, 0.15) is 23.1 Å². The highest BCUT2D eigenvalue weighted by molar-refractivity contribution is 9.10. The number of rotatable bonds is 6. The maximum atomic E-state index is 13.0. The molecule has 0 radical (unpaired) electrons. The Morgan fingerprint density at radius 3 is 2.46 bits per heavy atom. The molecule has 1 saturated heterocycles. The summed E-state index contributed by atoms with van der Waals surface area (Å²) in [7, 11) is 0. The number of amides is 1. The van der Waals surface area contributed by atoms with Gasteiger partial charge in [-0.25, -0.2) is 4.99 Å². The number of halogens is 1. The SMILES string of the molecule is CSCCCN1C(=O)/C(=C/c2ccc(Br)cc2)SC1=Nc1cc(C)cc(C)c1. The second kappa shape index (κ2) is 9.81. The number of benzene rings is 2. The van der Waals surface area contributed by atoms with Gasteiger partial charge in [-0.2, -0.15) is 11.8 Å². The van der Waals surface area contributed by atoms with Crippen molar-refractivity contribution in [2.75, 3.05) is 18.6 Å². The Hall–Kier alpha value is -1.50. The summed E-state index contributed by atoms with van der Waals surface area (Å²) in [4.78, 5) is 20.4. The van der Waals surface area contributed by atoms with Gasteiger partial charge >= 0.3 is 0 Å². The fourth-order valence-corrected chi connectivity index (χ4v) is 4.70. The van der Waals surface area contributed by atoms with Gasteiger partial charge < -0.3 is 0 Å². The molecule has 1 aliphatic rings. The quantitative estimate of drug-likeness (QED) is 0.357. The second-order valence-electron chi connectivity index (χ2n) is 6.71. The molecule has 0 bridgehead atoms. The predicted molar refractivity (Wildman–Crippen MR) is 127 cm³/mol. The number of thioether (sulfide) groups is 2.